The fraction of sp³-hybridized carbons (Fsp3) is 0.789. The maximum absolute atomic E-state index is 12.7. The Morgan fingerprint density at radius 3 is 2.54 bits per heavy atom. The van der Waals surface area contributed by atoms with Crippen LogP contribution in [-0.4, -0.2) is 50.8 Å². The van der Waals surface area contributed by atoms with Crippen molar-refractivity contribution in [3.05, 3.63) is 12.2 Å². The molecule has 0 bridgehead atoms. The molecule has 7 heteroatoms. The van der Waals surface area contributed by atoms with Crippen molar-refractivity contribution in [2.24, 2.45) is 0 Å². The average molecular weight is 383 g/mol. The van der Waals surface area contributed by atoms with Crippen molar-refractivity contribution < 1.29 is 28.2 Å². The van der Waals surface area contributed by atoms with Crippen molar-refractivity contribution in [3.8, 4) is 0 Å². The van der Waals surface area contributed by atoms with Crippen LogP contribution >= 0.6 is 0 Å². The second kappa shape index (κ2) is 7.92. The molecule has 3 aliphatic rings. The van der Waals surface area contributed by atoms with E-state index in [1.807, 2.05) is 25.7 Å². The summed E-state index contributed by atoms with van der Waals surface area (Å²) in [5.41, 5.74) is 0. The summed E-state index contributed by atoms with van der Waals surface area (Å²) in [5.74, 6) is -1.23. The van der Waals surface area contributed by atoms with Crippen LogP contribution in [0.2, 0.25) is 19.6 Å². The van der Waals surface area contributed by atoms with E-state index in [1.54, 1.807) is 6.08 Å². The van der Waals surface area contributed by atoms with Gasteiger partial charge in [-0.15, -0.1) is 0 Å². The lowest BCUT2D eigenvalue weighted by Gasteiger charge is -2.32. The highest BCUT2D eigenvalue weighted by molar-refractivity contribution is 6.69. The Morgan fingerprint density at radius 2 is 1.85 bits per heavy atom. The monoisotopic (exact) mass is 382 g/mol. The molecule has 3 rings (SSSR count). The smallest absolute Gasteiger partial charge is 0.335 e. The second-order valence-corrected chi connectivity index (χ2v) is 12.9. The molecule has 2 heterocycles. The van der Waals surface area contributed by atoms with Crippen molar-refractivity contribution in [3.63, 3.8) is 0 Å². The van der Waals surface area contributed by atoms with Gasteiger partial charge in [0.05, 0.1) is 6.61 Å². The lowest BCUT2D eigenvalue weighted by molar-refractivity contribution is -0.202. The number of allylic oxidation sites excluding steroid dienone is 1. The van der Waals surface area contributed by atoms with Gasteiger partial charge in [0.1, 0.15) is 12.2 Å². The van der Waals surface area contributed by atoms with Gasteiger partial charge in [-0.1, -0.05) is 18.6 Å². The Labute approximate surface area is 156 Å². The largest absolute Gasteiger partial charge is 0.450 e. The van der Waals surface area contributed by atoms with Gasteiger partial charge in [-0.25, -0.2) is 4.79 Å². The number of cyclic esters (lactones) is 1. The summed E-state index contributed by atoms with van der Waals surface area (Å²) < 4.78 is 23.7. The van der Waals surface area contributed by atoms with Gasteiger partial charge in [0.2, 0.25) is 0 Å². The van der Waals surface area contributed by atoms with Gasteiger partial charge in [-0.2, -0.15) is 0 Å². The summed E-state index contributed by atoms with van der Waals surface area (Å²) in [7, 11) is -1.92. The molecule has 6 nitrogen and oxygen atoms in total. The first-order chi connectivity index (χ1) is 12.3. The van der Waals surface area contributed by atoms with Crippen LogP contribution in [0.4, 0.5) is 0 Å². The van der Waals surface area contributed by atoms with Crippen LogP contribution in [0.25, 0.3) is 0 Å². The highest BCUT2D eigenvalue weighted by Gasteiger charge is 2.48. The van der Waals surface area contributed by atoms with Crippen LogP contribution in [0.5, 0.6) is 0 Å². The van der Waals surface area contributed by atoms with E-state index in [4.69, 9.17) is 18.6 Å². The van der Waals surface area contributed by atoms with Crippen LogP contribution in [0.3, 0.4) is 0 Å². The minimum Gasteiger partial charge on any atom is -0.450 e. The van der Waals surface area contributed by atoms with Crippen molar-refractivity contribution in [1.82, 2.24) is 0 Å². The third kappa shape index (κ3) is 4.82. The molecule has 0 aromatic carbocycles. The van der Waals surface area contributed by atoms with Crippen LogP contribution in [0.1, 0.15) is 44.9 Å². The molecule has 26 heavy (non-hydrogen) atoms. The second-order valence-electron chi connectivity index (χ2n) is 8.39. The van der Waals surface area contributed by atoms with Gasteiger partial charge in [-0.05, 0) is 32.5 Å². The maximum atomic E-state index is 12.7. The van der Waals surface area contributed by atoms with Crippen LogP contribution in [0.15, 0.2) is 12.2 Å². The van der Waals surface area contributed by atoms with Crippen molar-refractivity contribution in [2.75, 3.05) is 6.61 Å². The molecule has 146 valence electrons. The zero-order chi connectivity index (χ0) is 18.8. The maximum Gasteiger partial charge on any atom is 0.335 e. The van der Waals surface area contributed by atoms with Gasteiger partial charge in [0.15, 0.2) is 26.0 Å². The predicted octanol–water partition coefficient (Wildman–Crippen LogP) is 3.11. The molecule has 1 saturated heterocycles. The van der Waals surface area contributed by atoms with Crippen molar-refractivity contribution in [2.45, 2.75) is 88.7 Å². The minimum absolute atomic E-state index is 0.148. The van der Waals surface area contributed by atoms with E-state index in [0.717, 1.165) is 25.7 Å². The Kier molecular flexibility index (Phi) is 6.01. The number of hydrogen-bond acceptors (Lipinski definition) is 6. The zero-order valence-corrected chi connectivity index (χ0v) is 17.0. The fourth-order valence-corrected chi connectivity index (χ4v) is 4.83. The lowest BCUT2D eigenvalue weighted by Crippen LogP contribution is -2.45. The number of ketones is 1. The Balaban J connectivity index is 1.72. The molecule has 0 amide bonds. The summed E-state index contributed by atoms with van der Waals surface area (Å²) in [6.45, 7) is 6.37. The molecule has 1 saturated carbocycles. The summed E-state index contributed by atoms with van der Waals surface area (Å²) >= 11 is 0. The molecule has 1 aliphatic carbocycles. The predicted molar refractivity (Wildman–Crippen MR) is 98.1 cm³/mol. The molecular weight excluding hydrogens is 352 g/mol. The summed E-state index contributed by atoms with van der Waals surface area (Å²) in [6, 6.07) is 0. The van der Waals surface area contributed by atoms with E-state index in [1.165, 1.54) is 6.42 Å². The number of hydrogen-bond donors (Lipinski definition) is 0. The highest BCUT2D eigenvalue weighted by atomic mass is 28.4. The summed E-state index contributed by atoms with van der Waals surface area (Å²) in [6.07, 6.45) is 7.10. The molecule has 2 aliphatic heterocycles. The number of carbonyl (C=O) groups excluding carboxylic acids is 2. The van der Waals surface area contributed by atoms with E-state index in [-0.39, 0.29) is 18.8 Å². The van der Waals surface area contributed by atoms with E-state index in [0.29, 0.717) is 6.42 Å². The van der Waals surface area contributed by atoms with Gasteiger partial charge in [0.25, 0.3) is 0 Å². The van der Waals surface area contributed by atoms with E-state index in [2.05, 4.69) is 0 Å². The SMILES string of the molecule is C[Si](C)(C)O[C@@H]1C/C=C\CC(=O)[C@@H]([C@@H]2COC3(CCCCC3)O2)OC1=O. The fourth-order valence-electron chi connectivity index (χ4n) is 3.78. The van der Waals surface area contributed by atoms with Gasteiger partial charge >= 0.3 is 5.97 Å². The minimum atomic E-state index is -1.92. The van der Waals surface area contributed by atoms with E-state index in [9.17, 15) is 9.59 Å². The van der Waals surface area contributed by atoms with Crippen LogP contribution < -0.4 is 0 Å². The van der Waals surface area contributed by atoms with E-state index >= 15 is 0 Å². The molecule has 0 aromatic rings. The van der Waals surface area contributed by atoms with Crippen LogP contribution in [0, 0.1) is 0 Å². The molecule has 1 spiro atoms. The third-order valence-corrected chi connectivity index (χ3v) is 5.98. The van der Waals surface area contributed by atoms with E-state index < -0.39 is 38.4 Å². The Morgan fingerprint density at radius 1 is 1.12 bits per heavy atom. The Hall–Kier alpha value is -1.02. The third-order valence-electron chi connectivity index (χ3n) is 4.98. The van der Waals surface area contributed by atoms with Crippen molar-refractivity contribution >= 4 is 20.1 Å². The lowest BCUT2D eigenvalue weighted by atomic mass is 9.94. The first kappa shape index (κ1) is 19.7. The van der Waals surface area contributed by atoms with Gasteiger partial charge in [-0.3, -0.25) is 4.79 Å². The number of ether oxygens (including phenoxy) is 3. The standard InChI is InChI=1S/C19H30O6Si/c1-26(2,3)25-15-10-6-5-9-14(20)17(23-18(15)21)16-13-22-19(24-16)11-7-4-8-12-19/h5-6,15-17H,4,7-13H2,1-3H3/b6-5-/t15-,16+,17+/m1/s1. The topological polar surface area (TPSA) is 71.1 Å². The number of Topliss-reactive ketones (excluding diaryl/α,β-unsaturated/α-hetero) is 1. The molecular formula is C19H30O6Si. The van der Waals surface area contributed by atoms with Crippen molar-refractivity contribution in [1.29, 1.82) is 0 Å². The first-order valence-electron chi connectivity index (χ1n) is 9.66. The quantitative estimate of drug-likeness (QED) is 0.424. The molecule has 2 fully saturated rings. The molecule has 0 N–H and O–H groups in total. The number of esters is 1. The molecule has 3 atom stereocenters. The van der Waals surface area contributed by atoms with Crippen LogP contribution in [-0.2, 0) is 28.2 Å². The Bertz CT molecular complexity index is 561. The molecule has 0 unspecified atom stereocenters. The van der Waals surface area contributed by atoms with Gasteiger partial charge < -0.3 is 18.6 Å². The highest BCUT2D eigenvalue weighted by Crippen LogP contribution is 2.39. The van der Waals surface area contributed by atoms with Gasteiger partial charge in [0, 0.05) is 25.7 Å². The zero-order valence-electron chi connectivity index (χ0n) is 16.0. The summed E-state index contributed by atoms with van der Waals surface area (Å²) in [4.78, 5) is 25.3. The number of carbonyl (C=O) groups is 2. The molecule has 0 radical (unpaired) electrons. The number of rotatable bonds is 3. The first-order valence-corrected chi connectivity index (χ1v) is 13.1. The summed E-state index contributed by atoms with van der Waals surface area (Å²) in [5, 5.41) is 0. The molecule has 0 aromatic heterocycles. The normalized spacial score (nSPS) is 34.0. The average Bonchev–Trinajstić information content (AvgIpc) is 2.98.